The van der Waals surface area contributed by atoms with Gasteiger partial charge in [-0.1, -0.05) is 31.9 Å². The number of hydrogen-bond acceptors (Lipinski definition) is 3. The monoisotopic (exact) mass is 361 g/mol. The first-order chi connectivity index (χ1) is 12.3. The molecule has 1 saturated heterocycles. The average Bonchev–Trinajstić information content (AvgIpc) is 2.84. The smallest absolute Gasteiger partial charge is 0.325 e. The topological polar surface area (TPSA) is 78.5 Å². The molecule has 6 nitrogen and oxygen atoms in total. The van der Waals surface area contributed by atoms with E-state index < -0.39 is 17.5 Å². The van der Waals surface area contributed by atoms with Gasteiger partial charge in [-0.2, -0.15) is 0 Å². The van der Waals surface area contributed by atoms with Crippen LogP contribution in [-0.4, -0.2) is 34.8 Å². The van der Waals surface area contributed by atoms with Crippen LogP contribution in [0.4, 0.5) is 9.18 Å². The number of benzene rings is 1. The van der Waals surface area contributed by atoms with Crippen molar-refractivity contribution >= 4 is 17.8 Å². The summed E-state index contributed by atoms with van der Waals surface area (Å²) in [7, 11) is 0. The van der Waals surface area contributed by atoms with Crippen LogP contribution in [-0.2, 0) is 16.1 Å². The van der Waals surface area contributed by atoms with E-state index >= 15 is 0 Å². The third kappa shape index (κ3) is 3.30. The minimum absolute atomic E-state index is 0.0521. The highest BCUT2D eigenvalue weighted by Crippen LogP contribution is 2.38. The molecule has 3 rings (SSSR count). The van der Waals surface area contributed by atoms with E-state index in [9.17, 15) is 18.8 Å². The fourth-order valence-corrected chi connectivity index (χ4v) is 3.79. The normalized spacial score (nSPS) is 25.5. The van der Waals surface area contributed by atoms with Crippen LogP contribution in [0.1, 0.15) is 43.7 Å². The fraction of sp³-hybridized carbons (Fsp3) is 0.526. The zero-order chi connectivity index (χ0) is 18.9. The molecule has 0 aromatic heterocycles. The number of aryl methyl sites for hydroxylation is 1. The van der Waals surface area contributed by atoms with Gasteiger partial charge in [0, 0.05) is 6.54 Å². The number of nitrogens with one attached hydrogen (secondary N) is 2. The number of carbonyl (C=O) groups is 3. The third-order valence-corrected chi connectivity index (χ3v) is 5.53. The van der Waals surface area contributed by atoms with Gasteiger partial charge in [0.15, 0.2) is 0 Å². The second-order valence-corrected chi connectivity index (χ2v) is 7.30. The Kier molecular flexibility index (Phi) is 4.98. The van der Waals surface area contributed by atoms with Crippen molar-refractivity contribution in [2.24, 2.45) is 5.92 Å². The number of hydrogen-bond donors (Lipinski definition) is 2. The summed E-state index contributed by atoms with van der Waals surface area (Å²) < 4.78 is 13.6. The fourth-order valence-electron chi connectivity index (χ4n) is 3.79. The predicted molar refractivity (Wildman–Crippen MR) is 93.6 cm³/mol. The number of carbonyl (C=O) groups excluding carboxylic acids is 3. The van der Waals surface area contributed by atoms with Gasteiger partial charge in [0.2, 0.25) is 5.91 Å². The lowest BCUT2D eigenvalue weighted by Crippen LogP contribution is -2.54. The molecule has 1 aromatic carbocycles. The van der Waals surface area contributed by atoms with Crippen molar-refractivity contribution in [3.8, 4) is 0 Å². The van der Waals surface area contributed by atoms with Crippen LogP contribution in [0.25, 0.3) is 0 Å². The average molecular weight is 361 g/mol. The molecular formula is C19H24FN3O3. The van der Waals surface area contributed by atoms with E-state index in [1.807, 2.05) is 6.92 Å². The SMILES string of the molecule is Cc1ccc(CNC(=O)CN2C(=O)NC3(CCCCC3C)C2=O)cc1F. The Labute approximate surface area is 152 Å². The quantitative estimate of drug-likeness (QED) is 0.808. The van der Waals surface area contributed by atoms with Gasteiger partial charge in [-0.15, -0.1) is 0 Å². The molecule has 140 valence electrons. The zero-order valence-electron chi connectivity index (χ0n) is 15.1. The minimum Gasteiger partial charge on any atom is -0.350 e. The van der Waals surface area contributed by atoms with Gasteiger partial charge < -0.3 is 10.6 Å². The molecule has 0 radical (unpaired) electrons. The molecule has 2 aliphatic rings. The van der Waals surface area contributed by atoms with Gasteiger partial charge >= 0.3 is 6.03 Å². The summed E-state index contributed by atoms with van der Waals surface area (Å²) in [6.45, 7) is 3.44. The molecule has 1 aromatic rings. The van der Waals surface area contributed by atoms with E-state index in [2.05, 4.69) is 10.6 Å². The molecule has 2 N–H and O–H groups in total. The van der Waals surface area contributed by atoms with Crippen molar-refractivity contribution < 1.29 is 18.8 Å². The predicted octanol–water partition coefficient (Wildman–Crippen LogP) is 2.25. The summed E-state index contributed by atoms with van der Waals surface area (Å²) in [5, 5.41) is 5.46. The molecule has 2 atom stereocenters. The van der Waals surface area contributed by atoms with E-state index in [4.69, 9.17) is 0 Å². The van der Waals surface area contributed by atoms with Gasteiger partial charge in [0.05, 0.1) is 0 Å². The highest BCUT2D eigenvalue weighted by molar-refractivity contribution is 6.09. The second kappa shape index (κ2) is 7.05. The molecule has 1 aliphatic heterocycles. The molecular weight excluding hydrogens is 337 g/mol. The van der Waals surface area contributed by atoms with Gasteiger partial charge in [-0.05, 0) is 42.9 Å². The number of rotatable bonds is 4. The molecule has 7 heteroatoms. The highest BCUT2D eigenvalue weighted by Gasteiger charge is 2.55. The first-order valence-corrected chi connectivity index (χ1v) is 8.99. The highest BCUT2D eigenvalue weighted by atomic mass is 19.1. The first kappa shape index (κ1) is 18.4. The van der Waals surface area contributed by atoms with Gasteiger partial charge in [0.1, 0.15) is 17.9 Å². The lowest BCUT2D eigenvalue weighted by atomic mass is 9.73. The lowest BCUT2D eigenvalue weighted by molar-refractivity contribution is -0.137. The number of nitrogens with zero attached hydrogens (tertiary/aromatic N) is 1. The Morgan fingerprint density at radius 3 is 2.85 bits per heavy atom. The van der Waals surface area contributed by atoms with Crippen LogP contribution in [0.3, 0.4) is 0 Å². The number of urea groups is 1. The maximum Gasteiger partial charge on any atom is 0.325 e. The Bertz CT molecular complexity index is 752. The second-order valence-electron chi connectivity index (χ2n) is 7.30. The molecule has 4 amide bonds. The minimum atomic E-state index is -0.865. The first-order valence-electron chi connectivity index (χ1n) is 8.99. The van der Waals surface area contributed by atoms with E-state index in [0.717, 1.165) is 24.2 Å². The van der Waals surface area contributed by atoms with E-state index in [1.165, 1.54) is 6.07 Å². The molecule has 1 spiro atoms. The summed E-state index contributed by atoms with van der Waals surface area (Å²) in [5.74, 6) is -1.04. The Balaban J connectivity index is 1.61. The molecule has 26 heavy (non-hydrogen) atoms. The van der Waals surface area contributed by atoms with Crippen molar-refractivity contribution in [1.29, 1.82) is 0 Å². The largest absolute Gasteiger partial charge is 0.350 e. The number of imide groups is 1. The molecule has 2 unspecified atom stereocenters. The van der Waals surface area contributed by atoms with Crippen LogP contribution in [0.5, 0.6) is 0 Å². The van der Waals surface area contributed by atoms with Gasteiger partial charge in [-0.25, -0.2) is 9.18 Å². The van der Waals surface area contributed by atoms with Crippen LogP contribution in [0.15, 0.2) is 18.2 Å². The van der Waals surface area contributed by atoms with Crippen molar-refractivity contribution in [1.82, 2.24) is 15.5 Å². The molecule has 1 saturated carbocycles. The van der Waals surface area contributed by atoms with E-state index in [0.29, 0.717) is 17.5 Å². The standard InChI is InChI=1S/C19H24FN3O3/c1-12-6-7-14(9-15(12)20)10-21-16(24)11-23-17(25)19(22-18(23)26)8-4-3-5-13(19)2/h6-7,9,13H,3-5,8,10-11H2,1-2H3,(H,21,24)(H,22,26). The summed E-state index contributed by atoms with van der Waals surface area (Å²) in [5.41, 5.74) is 0.290. The van der Waals surface area contributed by atoms with Crippen LogP contribution in [0.2, 0.25) is 0 Å². The van der Waals surface area contributed by atoms with Crippen molar-refractivity contribution in [2.45, 2.75) is 51.6 Å². The Hall–Kier alpha value is -2.44. The summed E-state index contributed by atoms with van der Waals surface area (Å²) in [6, 6.07) is 4.22. The number of halogens is 1. The molecule has 1 heterocycles. The summed E-state index contributed by atoms with van der Waals surface area (Å²) in [4.78, 5) is 38.3. The van der Waals surface area contributed by atoms with E-state index in [-0.39, 0.29) is 30.7 Å². The third-order valence-electron chi connectivity index (χ3n) is 5.53. The van der Waals surface area contributed by atoms with Crippen molar-refractivity contribution in [2.75, 3.05) is 6.54 Å². The number of amides is 4. The summed E-state index contributed by atoms with van der Waals surface area (Å²) in [6.07, 6.45) is 3.42. The van der Waals surface area contributed by atoms with Crippen LogP contribution in [0, 0.1) is 18.7 Å². The lowest BCUT2D eigenvalue weighted by Gasteiger charge is -2.36. The van der Waals surface area contributed by atoms with Crippen LogP contribution >= 0.6 is 0 Å². The van der Waals surface area contributed by atoms with Crippen molar-refractivity contribution in [3.05, 3.63) is 35.1 Å². The zero-order valence-corrected chi connectivity index (χ0v) is 15.1. The Morgan fingerprint density at radius 2 is 2.15 bits per heavy atom. The van der Waals surface area contributed by atoms with Gasteiger partial charge in [0.25, 0.3) is 5.91 Å². The maximum atomic E-state index is 13.6. The van der Waals surface area contributed by atoms with Gasteiger partial charge in [-0.3, -0.25) is 14.5 Å². The van der Waals surface area contributed by atoms with Crippen LogP contribution < -0.4 is 10.6 Å². The van der Waals surface area contributed by atoms with E-state index in [1.54, 1.807) is 19.1 Å². The molecule has 2 fully saturated rings. The maximum absolute atomic E-state index is 13.6. The molecule has 1 aliphatic carbocycles. The molecule has 0 bridgehead atoms. The Morgan fingerprint density at radius 1 is 1.38 bits per heavy atom. The van der Waals surface area contributed by atoms with Crippen molar-refractivity contribution in [3.63, 3.8) is 0 Å². The summed E-state index contributed by atoms with van der Waals surface area (Å²) >= 11 is 0.